The SMILES string of the molecule is CCCCNC(=O)[C@H](CC)N(Cc1cccc(C)c1)C(=O)CN(c1ccccc1C)S(=O)(=O)c1ccc(Cl)cc1. The second-order valence-electron chi connectivity index (χ2n) is 9.83. The molecule has 0 radical (unpaired) electrons. The zero-order valence-corrected chi connectivity index (χ0v) is 25.1. The van der Waals surface area contributed by atoms with Crippen molar-refractivity contribution in [2.75, 3.05) is 17.4 Å². The molecular weight excluding hydrogens is 546 g/mol. The van der Waals surface area contributed by atoms with Crippen molar-refractivity contribution in [1.29, 1.82) is 0 Å². The summed E-state index contributed by atoms with van der Waals surface area (Å²) in [6.07, 6.45) is 2.13. The van der Waals surface area contributed by atoms with Gasteiger partial charge in [0.25, 0.3) is 10.0 Å². The van der Waals surface area contributed by atoms with Crippen molar-refractivity contribution < 1.29 is 18.0 Å². The number of rotatable bonds is 13. The molecule has 9 heteroatoms. The Morgan fingerprint density at radius 3 is 2.27 bits per heavy atom. The van der Waals surface area contributed by atoms with Crippen molar-refractivity contribution in [3.05, 3.63) is 94.5 Å². The highest BCUT2D eigenvalue weighted by Crippen LogP contribution is 2.28. The Hall–Kier alpha value is -3.36. The number of nitrogens with zero attached hydrogens (tertiary/aromatic N) is 2. The lowest BCUT2D eigenvalue weighted by molar-refractivity contribution is -0.140. The maximum absolute atomic E-state index is 14.1. The van der Waals surface area contributed by atoms with Crippen molar-refractivity contribution in [1.82, 2.24) is 10.2 Å². The number of carbonyl (C=O) groups excluding carboxylic acids is 2. The summed E-state index contributed by atoms with van der Waals surface area (Å²) >= 11 is 6.02. The molecule has 0 fully saturated rings. The first-order valence-electron chi connectivity index (χ1n) is 13.5. The van der Waals surface area contributed by atoms with Crippen LogP contribution in [0.4, 0.5) is 5.69 Å². The molecule has 0 aliphatic rings. The number of para-hydroxylation sites is 1. The monoisotopic (exact) mass is 583 g/mol. The van der Waals surface area contributed by atoms with E-state index in [4.69, 9.17) is 11.6 Å². The lowest BCUT2D eigenvalue weighted by Crippen LogP contribution is -2.52. The van der Waals surface area contributed by atoms with Gasteiger partial charge in [0.05, 0.1) is 10.6 Å². The van der Waals surface area contributed by atoms with Gasteiger partial charge in [0, 0.05) is 18.1 Å². The van der Waals surface area contributed by atoms with E-state index in [1.165, 1.54) is 29.2 Å². The third-order valence-corrected chi connectivity index (χ3v) is 8.74. The fourth-order valence-electron chi connectivity index (χ4n) is 4.52. The minimum absolute atomic E-state index is 0.0162. The topological polar surface area (TPSA) is 86.8 Å². The number of halogens is 1. The number of hydrogen-bond donors (Lipinski definition) is 1. The van der Waals surface area contributed by atoms with Gasteiger partial charge in [-0.1, -0.05) is 79.9 Å². The maximum Gasteiger partial charge on any atom is 0.264 e. The second-order valence-corrected chi connectivity index (χ2v) is 12.1. The minimum Gasteiger partial charge on any atom is -0.354 e. The predicted molar refractivity (Wildman–Crippen MR) is 161 cm³/mol. The van der Waals surface area contributed by atoms with Gasteiger partial charge in [0.15, 0.2) is 0 Å². The highest BCUT2D eigenvalue weighted by atomic mass is 35.5. The fraction of sp³-hybridized carbons (Fsp3) is 0.355. The second kappa shape index (κ2) is 14.3. The number of aryl methyl sites for hydroxylation is 2. The summed E-state index contributed by atoms with van der Waals surface area (Å²) in [5.41, 5.74) is 2.97. The largest absolute Gasteiger partial charge is 0.354 e. The van der Waals surface area contributed by atoms with E-state index >= 15 is 0 Å². The van der Waals surface area contributed by atoms with E-state index in [1.807, 2.05) is 51.1 Å². The Morgan fingerprint density at radius 2 is 1.65 bits per heavy atom. The molecule has 0 aromatic heterocycles. The first kappa shape index (κ1) is 31.2. The molecule has 0 saturated heterocycles. The molecule has 2 amide bonds. The molecule has 40 heavy (non-hydrogen) atoms. The zero-order valence-electron chi connectivity index (χ0n) is 23.6. The van der Waals surface area contributed by atoms with Crippen molar-refractivity contribution in [3.63, 3.8) is 0 Å². The van der Waals surface area contributed by atoms with Gasteiger partial charge in [-0.05, 0) is 68.1 Å². The molecule has 0 saturated carbocycles. The molecule has 3 aromatic carbocycles. The number of anilines is 1. The van der Waals surface area contributed by atoms with E-state index in [0.717, 1.165) is 28.3 Å². The number of unbranched alkanes of at least 4 members (excludes halogenated alkanes) is 1. The van der Waals surface area contributed by atoms with Crippen LogP contribution in [0.25, 0.3) is 0 Å². The van der Waals surface area contributed by atoms with Crippen LogP contribution in [-0.4, -0.2) is 44.3 Å². The Labute approximate surface area is 243 Å². The molecule has 3 rings (SSSR count). The molecule has 0 heterocycles. The number of benzene rings is 3. The third-order valence-electron chi connectivity index (χ3n) is 6.72. The smallest absolute Gasteiger partial charge is 0.264 e. The Kier molecular flexibility index (Phi) is 11.2. The molecule has 0 spiro atoms. The van der Waals surface area contributed by atoms with Crippen molar-refractivity contribution in [2.24, 2.45) is 0 Å². The summed E-state index contributed by atoms with van der Waals surface area (Å²) in [5.74, 6) is -0.722. The lowest BCUT2D eigenvalue weighted by Gasteiger charge is -2.33. The summed E-state index contributed by atoms with van der Waals surface area (Å²) in [5, 5.41) is 3.35. The van der Waals surface area contributed by atoms with Gasteiger partial charge in [-0.3, -0.25) is 13.9 Å². The average molecular weight is 584 g/mol. The van der Waals surface area contributed by atoms with Crippen LogP contribution >= 0.6 is 11.6 Å². The predicted octanol–water partition coefficient (Wildman–Crippen LogP) is 5.88. The van der Waals surface area contributed by atoms with E-state index in [2.05, 4.69) is 5.32 Å². The first-order valence-corrected chi connectivity index (χ1v) is 15.4. The number of sulfonamides is 1. The van der Waals surface area contributed by atoms with Crippen LogP contribution in [0.1, 0.15) is 49.8 Å². The standard InChI is InChI=1S/C31H38ClN3O4S/c1-5-7-19-33-31(37)28(6-2)34(21-25-13-10-11-23(3)20-25)30(36)22-35(29-14-9-8-12-24(29)4)40(38,39)27-17-15-26(32)16-18-27/h8-18,20,28H,5-7,19,21-22H2,1-4H3,(H,33,37)/t28-/m0/s1. The Bertz CT molecular complexity index is 1410. The van der Waals surface area contributed by atoms with Crippen molar-refractivity contribution in [3.8, 4) is 0 Å². The van der Waals surface area contributed by atoms with E-state index in [0.29, 0.717) is 29.2 Å². The molecule has 3 aromatic rings. The van der Waals surface area contributed by atoms with Crippen LogP contribution in [0.3, 0.4) is 0 Å². The number of carbonyl (C=O) groups is 2. The third kappa shape index (κ3) is 7.86. The summed E-state index contributed by atoms with van der Waals surface area (Å²) in [6.45, 7) is 7.86. The first-order chi connectivity index (χ1) is 19.1. The fourth-order valence-corrected chi connectivity index (χ4v) is 6.13. The van der Waals surface area contributed by atoms with Crippen molar-refractivity contribution >= 4 is 39.1 Å². The van der Waals surface area contributed by atoms with Crippen LogP contribution in [0, 0.1) is 13.8 Å². The highest BCUT2D eigenvalue weighted by Gasteiger charge is 2.34. The molecule has 0 aliphatic heterocycles. The van der Waals surface area contributed by atoms with Gasteiger partial charge in [0.2, 0.25) is 11.8 Å². The summed E-state index contributed by atoms with van der Waals surface area (Å²) in [6, 6.07) is 19.8. The quantitative estimate of drug-likeness (QED) is 0.255. The van der Waals surface area contributed by atoms with Crippen molar-refractivity contribution in [2.45, 2.75) is 64.4 Å². The molecule has 1 atom stereocenters. The van der Waals surface area contributed by atoms with Gasteiger partial charge < -0.3 is 10.2 Å². The lowest BCUT2D eigenvalue weighted by atomic mass is 10.1. The number of nitrogens with one attached hydrogen (secondary N) is 1. The zero-order chi connectivity index (χ0) is 29.3. The summed E-state index contributed by atoms with van der Waals surface area (Å²) in [4.78, 5) is 28.9. The molecular formula is C31H38ClN3O4S. The Balaban J connectivity index is 2.05. The highest BCUT2D eigenvalue weighted by molar-refractivity contribution is 7.92. The van der Waals surface area contributed by atoms with Gasteiger partial charge >= 0.3 is 0 Å². The van der Waals surface area contributed by atoms with Gasteiger partial charge in [-0.25, -0.2) is 8.42 Å². The number of amides is 2. The normalized spacial score (nSPS) is 12.0. The molecule has 0 bridgehead atoms. The van der Waals surface area contributed by atoms with Crippen LogP contribution in [0.5, 0.6) is 0 Å². The average Bonchev–Trinajstić information content (AvgIpc) is 2.92. The van der Waals surface area contributed by atoms with Crippen LogP contribution < -0.4 is 9.62 Å². The number of hydrogen-bond acceptors (Lipinski definition) is 4. The van der Waals surface area contributed by atoms with Gasteiger partial charge in [0.1, 0.15) is 12.6 Å². The molecule has 0 unspecified atom stereocenters. The Morgan fingerprint density at radius 1 is 0.950 bits per heavy atom. The van der Waals surface area contributed by atoms with E-state index in [-0.39, 0.29) is 17.3 Å². The molecule has 7 nitrogen and oxygen atoms in total. The molecule has 1 N–H and O–H groups in total. The van der Waals surface area contributed by atoms with Gasteiger partial charge in [-0.2, -0.15) is 0 Å². The molecule has 0 aliphatic carbocycles. The van der Waals surface area contributed by atoms with Gasteiger partial charge in [-0.15, -0.1) is 0 Å². The van der Waals surface area contributed by atoms with E-state index in [9.17, 15) is 18.0 Å². The van der Waals surface area contributed by atoms with E-state index < -0.39 is 28.5 Å². The summed E-state index contributed by atoms with van der Waals surface area (Å²) in [7, 11) is -4.15. The van der Waals surface area contributed by atoms with Crippen LogP contribution in [0.2, 0.25) is 5.02 Å². The molecule has 214 valence electrons. The van der Waals surface area contributed by atoms with E-state index in [1.54, 1.807) is 25.1 Å². The van der Waals surface area contributed by atoms with Crippen LogP contribution in [0.15, 0.2) is 77.7 Å². The maximum atomic E-state index is 14.1. The summed E-state index contributed by atoms with van der Waals surface area (Å²) < 4.78 is 29.0. The van der Waals surface area contributed by atoms with Crippen LogP contribution in [-0.2, 0) is 26.2 Å². The minimum atomic E-state index is -4.15.